The Morgan fingerprint density at radius 3 is 2.61 bits per heavy atom. The fraction of sp³-hybridized carbons (Fsp3) is 0.800. The molecule has 2 saturated carbocycles. The van der Waals surface area contributed by atoms with Gasteiger partial charge in [0.25, 0.3) is 0 Å². The Hall–Kier alpha value is -0.830. The smallest absolute Gasteiger partial charge is 0.137 e. The van der Waals surface area contributed by atoms with Crippen LogP contribution in [0.25, 0.3) is 0 Å². The zero-order chi connectivity index (χ0) is 13.6. The lowest BCUT2D eigenvalue weighted by Crippen LogP contribution is -3.16. The summed E-state index contributed by atoms with van der Waals surface area (Å²) < 4.78 is 0. The van der Waals surface area contributed by atoms with Gasteiger partial charge in [-0.1, -0.05) is 31.7 Å². The van der Waals surface area contributed by atoms with Gasteiger partial charge in [-0.3, -0.25) is 0 Å². The van der Waals surface area contributed by atoms with Crippen molar-refractivity contribution in [1.82, 2.24) is 0 Å². The molecule has 0 radical (unpaired) electrons. The quantitative estimate of drug-likeness (QED) is 0.457. The minimum atomic E-state index is 0.121. The van der Waals surface area contributed by atoms with Crippen LogP contribution in [-0.4, -0.2) is 32.0 Å². The molecule has 3 nitrogen and oxygen atoms in total. The molecule has 0 bridgehead atoms. The first-order valence-electron chi connectivity index (χ1n) is 6.95. The molecular weight excluding hydrogens is 224 g/mol. The van der Waals surface area contributed by atoms with Gasteiger partial charge in [0.1, 0.15) is 17.9 Å². The van der Waals surface area contributed by atoms with Crippen LogP contribution >= 0.6 is 0 Å². The molecule has 2 rings (SSSR count). The molecule has 0 amide bonds. The maximum Gasteiger partial charge on any atom is 0.137 e. The van der Waals surface area contributed by atoms with E-state index in [1.807, 2.05) is 0 Å². The van der Waals surface area contributed by atoms with Crippen molar-refractivity contribution in [3.05, 3.63) is 12.7 Å². The van der Waals surface area contributed by atoms with E-state index in [-0.39, 0.29) is 5.54 Å². The lowest BCUT2D eigenvalue weighted by molar-refractivity contribution is -0.901. The molecular formula is C15H27N2O+. The third-order valence-electron chi connectivity index (χ3n) is 5.44. The molecule has 0 unspecified atom stereocenters. The highest BCUT2D eigenvalue weighted by atomic mass is 16.6. The maximum absolute atomic E-state index is 5.36. The van der Waals surface area contributed by atoms with Crippen LogP contribution in [0.2, 0.25) is 0 Å². The summed E-state index contributed by atoms with van der Waals surface area (Å²) in [5, 5.41) is 4.41. The molecule has 102 valence electrons. The highest BCUT2D eigenvalue weighted by molar-refractivity contribution is 5.93. The van der Waals surface area contributed by atoms with E-state index in [1.54, 1.807) is 6.08 Å². The van der Waals surface area contributed by atoms with Crippen LogP contribution < -0.4 is 4.90 Å². The van der Waals surface area contributed by atoms with Crippen molar-refractivity contribution in [3.8, 4) is 0 Å². The minimum absolute atomic E-state index is 0.121. The van der Waals surface area contributed by atoms with E-state index in [0.717, 1.165) is 18.3 Å². The first kappa shape index (κ1) is 13.6. The van der Waals surface area contributed by atoms with E-state index < -0.39 is 0 Å². The van der Waals surface area contributed by atoms with Crippen molar-refractivity contribution in [2.75, 3.05) is 20.7 Å². The Morgan fingerprint density at radius 1 is 1.39 bits per heavy atom. The molecule has 0 heterocycles. The fourth-order valence-electron chi connectivity index (χ4n) is 3.46. The molecule has 0 aromatic carbocycles. The second kappa shape index (κ2) is 4.37. The second-order valence-corrected chi connectivity index (χ2v) is 6.90. The number of nitrogens with one attached hydrogen (secondary N) is 1. The predicted molar refractivity (Wildman–Crippen MR) is 74.8 cm³/mol. The maximum atomic E-state index is 5.36. The van der Waals surface area contributed by atoms with Crippen molar-refractivity contribution in [2.24, 2.45) is 22.4 Å². The van der Waals surface area contributed by atoms with E-state index in [4.69, 9.17) is 4.84 Å². The van der Waals surface area contributed by atoms with Gasteiger partial charge in [-0.2, -0.15) is 0 Å². The SMILES string of the molecule is C=CCO/N=C1/C[C@H]2[C@@H](C[C@@]1(C)[NH+](C)C)C2(C)C. The summed E-state index contributed by atoms with van der Waals surface area (Å²) in [4.78, 5) is 6.81. The summed E-state index contributed by atoms with van der Waals surface area (Å²) >= 11 is 0. The molecule has 2 aliphatic rings. The first-order valence-corrected chi connectivity index (χ1v) is 6.95. The van der Waals surface area contributed by atoms with Gasteiger partial charge < -0.3 is 9.74 Å². The zero-order valence-corrected chi connectivity index (χ0v) is 12.4. The molecule has 3 heteroatoms. The van der Waals surface area contributed by atoms with Crippen molar-refractivity contribution in [1.29, 1.82) is 0 Å². The average molecular weight is 251 g/mol. The monoisotopic (exact) mass is 251 g/mol. The molecule has 18 heavy (non-hydrogen) atoms. The largest absolute Gasteiger partial charge is 0.391 e. The predicted octanol–water partition coefficient (Wildman–Crippen LogP) is 1.51. The zero-order valence-electron chi connectivity index (χ0n) is 12.4. The molecule has 2 aliphatic carbocycles. The Balaban J connectivity index is 2.19. The topological polar surface area (TPSA) is 26.0 Å². The second-order valence-electron chi connectivity index (χ2n) is 6.90. The molecule has 2 fully saturated rings. The molecule has 0 spiro atoms. The standard InChI is InChI=1S/C15H26N2O/c1-7-8-18-16-13-9-11-12(14(11,2)3)10-15(13,4)17(5)6/h7,11-12H,1,8-10H2,2-6H3/p+1/b16-13-/t11-,12+,15+/m0/s1. The van der Waals surface area contributed by atoms with E-state index in [1.165, 1.54) is 17.0 Å². The number of rotatable bonds is 4. The third kappa shape index (κ3) is 1.99. The number of fused-ring (bicyclic) bond motifs is 1. The Morgan fingerprint density at radius 2 is 2.06 bits per heavy atom. The summed E-state index contributed by atoms with van der Waals surface area (Å²) in [6.45, 7) is 11.3. The summed E-state index contributed by atoms with van der Waals surface area (Å²) in [6.07, 6.45) is 4.07. The van der Waals surface area contributed by atoms with Crippen LogP contribution in [0.15, 0.2) is 17.8 Å². The van der Waals surface area contributed by atoms with Gasteiger partial charge in [-0.15, -0.1) is 0 Å². The third-order valence-corrected chi connectivity index (χ3v) is 5.44. The fourth-order valence-corrected chi connectivity index (χ4v) is 3.46. The van der Waals surface area contributed by atoms with Gasteiger partial charge in [0.05, 0.1) is 14.1 Å². The van der Waals surface area contributed by atoms with Crippen LogP contribution in [0, 0.1) is 17.3 Å². The van der Waals surface area contributed by atoms with Crippen molar-refractivity contribution >= 4 is 5.71 Å². The molecule has 1 N–H and O–H groups in total. The Labute approximate surface area is 111 Å². The van der Waals surface area contributed by atoms with Crippen molar-refractivity contribution in [2.45, 2.75) is 39.2 Å². The van der Waals surface area contributed by atoms with E-state index in [0.29, 0.717) is 12.0 Å². The van der Waals surface area contributed by atoms with Gasteiger partial charge in [-0.05, 0) is 30.6 Å². The highest BCUT2D eigenvalue weighted by Crippen LogP contribution is 2.65. The minimum Gasteiger partial charge on any atom is -0.391 e. The molecule has 0 aromatic heterocycles. The summed E-state index contributed by atoms with van der Waals surface area (Å²) in [7, 11) is 4.44. The van der Waals surface area contributed by atoms with Crippen molar-refractivity contribution in [3.63, 3.8) is 0 Å². The van der Waals surface area contributed by atoms with Gasteiger partial charge in [-0.25, -0.2) is 0 Å². The van der Waals surface area contributed by atoms with E-state index in [2.05, 4.69) is 46.6 Å². The molecule has 0 aliphatic heterocycles. The molecule has 0 saturated heterocycles. The van der Waals surface area contributed by atoms with Crippen LogP contribution in [-0.2, 0) is 4.84 Å². The van der Waals surface area contributed by atoms with Gasteiger partial charge in [0.15, 0.2) is 0 Å². The van der Waals surface area contributed by atoms with E-state index >= 15 is 0 Å². The van der Waals surface area contributed by atoms with Crippen LogP contribution in [0.5, 0.6) is 0 Å². The number of quaternary nitrogens is 1. The Bertz CT molecular complexity index is 373. The van der Waals surface area contributed by atoms with Gasteiger partial charge in [0.2, 0.25) is 0 Å². The number of hydrogen-bond donors (Lipinski definition) is 1. The van der Waals surface area contributed by atoms with E-state index in [9.17, 15) is 0 Å². The summed E-state index contributed by atoms with van der Waals surface area (Å²) in [5.74, 6) is 1.66. The van der Waals surface area contributed by atoms with Crippen LogP contribution in [0.1, 0.15) is 33.6 Å². The lowest BCUT2D eigenvalue weighted by Gasteiger charge is -2.36. The van der Waals surface area contributed by atoms with Crippen LogP contribution in [0.3, 0.4) is 0 Å². The Kier molecular flexibility index (Phi) is 3.30. The summed E-state index contributed by atoms with van der Waals surface area (Å²) in [6, 6.07) is 0. The van der Waals surface area contributed by atoms with Gasteiger partial charge in [0, 0.05) is 6.42 Å². The lowest BCUT2D eigenvalue weighted by atomic mass is 9.80. The number of nitrogens with zero attached hydrogens (tertiary/aromatic N) is 1. The average Bonchev–Trinajstić information content (AvgIpc) is 2.80. The van der Waals surface area contributed by atoms with Crippen LogP contribution in [0.4, 0.5) is 0 Å². The highest BCUT2D eigenvalue weighted by Gasteiger charge is 2.65. The number of hydrogen-bond acceptors (Lipinski definition) is 2. The molecule has 3 atom stereocenters. The normalized spacial score (nSPS) is 39.6. The summed E-state index contributed by atoms with van der Waals surface area (Å²) in [5.41, 5.74) is 1.85. The number of oxime groups is 1. The van der Waals surface area contributed by atoms with Gasteiger partial charge >= 0.3 is 0 Å². The van der Waals surface area contributed by atoms with Crippen molar-refractivity contribution < 1.29 is 9.74 Å². The molecule has 0 aromatic rings. The first-order chi connectivity index (χ1) is 8.34.